The third-order valence-electron chi connectivity index (χ3n) is 3.59. The Labute approximate surface area is 137 Å². The van der Waals surface area contributed by atoms with Crippen LogP contribution in [0.3, 0.4) is 0 Å². The van der Waals surface area contributed by atoms with E-state index in [4.69, 9.17) is 4.42 Å². The molecule has 0 unspecified atom stereocenters. The minimum Gasteiger partial charge on any atom is -0.459 e. The molecule has 0 aliphatic carbocycles. The lowest BCUT2D eigenvalue weighted by Crippen LogP contribution is -2.21. The van der Waals surface area contributed by atoms with E-state index in [-0.39, 0.29) is 17.3 Å². The molecular weight excluding hydrogens is 310 g/mol. The molecule has 0 spiro atoms. The van der Waals surface area contributed by atoms with E-state index in [0.717, 1.165) is 0 Å². The molecule has 0 radical (unpaired) electrons. The Morgan fingerprint density at radius 1 is 1.42 bits per heavy atom. The van der Waals surface area contributed by atoms with Gasteiger partial charge in [0.25, 0.3) is 11.5 Å². The van der Waals surface area contributed by atoms with E-state index >= 15 is 0 Å². The van der Waals surface area contributed by atoms with Gasteiger partial charge < -0.3 is 9.73 Å². The van der Waals surface area contributed by atoms with Crippen LogP contribution in [0.25, 0.3) is 5.95 Å². The van der Waals surface area contributed by atoms with Crippen LogP contribution in [0, 0.1) is 13.8 Å². The number of hydrogen-bond acceptors (Lipinski definition) is 5. The van der Waals surface area contributed by atoms with E-state index in [1.54, 1.807) is 32.0 Å². The van der Waals surface area contributed by atoms with Crippen LogP contribution in [-0.2, 0) is 6.42 Å². The number of anilines is 1. The van der Waals surface area contributed by atoms with Crippen molar-refractivity contribution in [1.82, 2.24) is 19.7 Å². The van der Waals surface area contributed by atoms with Crippen LogP contribution in [0.4, 0.5) is 5.82 Å². The molecule has 0 aliphatic heterocycles. The molecule has 24 heavy (non-hydrogen) atoms. The SMILES string of the molecule is CCc1nc(-n2nc(C)cc2NC(=O)c2ccco2)[nH]c(=O)c1C. The van der Waals surface area contributed by atoms with Gasteiger partial charge in [-0.05, 0) is 32.4 Å². The fourth-order valence-electron chi connectivity index (χ4n) is 2.35. The lowest BCUT2D eigenvalue weighted by Gasteiger charge is -2.09. The number of nitrogens with zero attached hydrogens (tertiary/aromatic N) is 3. The quantitative estimate of drug-likeness (QED) is 0.762. The highest BCUT2D eigenvalue weighted by Crippen LogP contribution is 2.16. The number of H-pyrrole nitrogens is 1. The van der Waals surface area contributed by atoms with Crippen molar-refractivity contribution in [2.45, 2.75) is 27.2 Å². The van der Waals surface area contributed by atoms with Crippen LogP contribution in [0.15, 0.2) is 33.7 Å². The summed E-state index contributed by atoms with van der Waals surface area (Å²) in [5.41, 5.74) is 1.70. The zero-order chi connectivity index (χ0) is 17.3. The number of aromatic nitrogens is 4. The van der Waals surface area contributed by atoms with Crippen LogP contribution >= 0.6 is 0 Å². The molecule has 0 saturated heterocycles. The second-order valence-electron chi connectivity index (χ2n) is 5.33. The molecule has 3 rings (SSSR count). The summed E-state index contributed by atoms with van der Waals surface area (Å²) in [6.45, 7) is 5.43. The highest BCUT2D eigenvalue weighted by Gasteiger charge is 2.16. The summed E-state index contributed by atoms with van der Waals surface area (Å²) >= 11 is 0. The number of carbonyl (C=O) groups excluding carboxylic acids is 1. The molecule has 3 aromatic heterocycles. The number of hydrogen-bond donors (Lipinski definition) is 2. The van der Waals surface area contributed by atoms with Crippen molar-refractivity contribution in [3.05, 3.63) is 57.5 Å². The van der Waals surface area contributed by atoms with E-state index in [1.165, 1.54) is 10.9 Å². The summed E-state index contributed by atoms with van der Waals surface area (Å²) in [5.74, 6) is 0.416. The van der Waals surface area contributed by atoms with E-state index in [1.807, 2.05) is 6.92 Å². The molecule has 0 saturated carbocycles. The molecule has 0 aliphatic rings. The molecule has 3 aromatic rings. The smallest absolute Gasteiger partial charge is 0.292 e. The molecule has 124 valence electrons. The van der Waals surface area contributed by atoms with Crippen LogP contribution in [-0.4, -0.2) is 25.7 Å². The molecule has 2 N–H and O–H groups in total. The van der Waals surface area contributed by atoms with Gasteiger partial charge in [0, 0.05) is 11.6 Å². The van der Waals surface area contributed by atoms with E-state index < -0.39 is 5.91 Å². The zero-order valence-electron chi connectivity index (χ0n) is 13.6. The van der Waals surface area contributed by atoms with Gasteiger partial charge in [-0.25, -0.2) is 4.98 Å². The number of nitrogens with one attached hydrogen (secondary N) is 2. The summed E-state index contributed by atoms with van der Waals surface area (Å²) in [6.07, 6.45) is 2.04. The number of aromatic amines is 1. The molecule has 3 heterocycles. The van der Waals surface area contributed by atoms with Crippen molar-refractivity contribution in [3.63, 3.8) is 0 Å². The lowest BCUT2D eigenvalue weighted by molar-refractivity contribution is 0.0996. The van der Waals surface area contributed by atoms with Gasteiger partial charge in [0.15, 0.2) is 5.76 Å². The number of furan rings is 1. The third kappa shape index (κ3) is 2.85. The molecular formula is C16H17N5O3. The first-order chi connectivity index (χ1) is 11.5. The maximum absolute atomic E-state index is 12.2. The molecule has 1 amide bonds. The number of amides is 1. The number of aryl methyl sites for hydroxylation is 2. The molecule has 0 aromatic carbocycles. The van der Waals surface area contributed by atoms with Gasteiger partial charge in [-0.3, -0.25) is 14.6 Å². The van der Waals surface area contributed by atoms with Crippen molar-refractivity contribution in [3.8, 4) is 5.95 Å². The Balaban J connectivity index is 2.02. The summed E-state index contributed by atoms with van der Waals surface area (Å²) in [7, 11) is 0. The molecule has 0 atom stereocenters. The molecule has 8 heteroatoms. The third-order valence-corrected chi connectivity index (χ3v) is 3.59. The molecule has 0 bridgehead atoms. The van der Waals surface area contributed by atoms with Gasteiger partial charge in [0.05, 0.1) is 17.7 Å². The van der Waals surface area contributed by atoms with Gasteiger partial charge in [-0.2, -0.15) is 9.78 Å². The first-order valence-corrected chi connectivity index (χ1v) is 7.51. The highest BCUT2D eigenvalue weighted by molar-refractivity contribution is 6.01. The van der Waals surface area contributed by atoms with Gasteiger partial charge >= 0.3 is 0 Å². The largest absolute Gasteiger partial charge is 0.459 e. The van der Waals surface area contributed by atoms with Crippen molar-refractivity contribution in [2.75, 3.05) is 5.32 Å². The normalized spacial score (nSPS) is 10.8. The monoisotopic (exact) mass is 327 g/mol. The van der Waals surface area contributed by atoms with E-state index in [2.05, 4.69) is 20.4 Å². The second kappa shape index (κ2) is 6.15. The average Bonchev–Trinajstić information content (AvgIpc) is 3.19. The summed E-state index contributed by atoms with van der Waals surface area (Å²) in [4.78, 5) is 31.4. The van der Waals surface area contributed by atoms with Crippen molar-refractivity contribution < 1.29 is 9.21 Å². The molecule has 8 nitrogen and oxygen atoms in total. The first kappa shape index (κ1) is 15.7. The van der Waals surface area contributed by atoms with Gasteiger partial charge in [-0.15, -0.1) is 0 Å². The summed E-state index contributed by atoms with van der Waals surface area (Å²) in [5, 5.41) is 7.01. The van der Waals surface area contributed by atoms with Crippen LogP contribution < -0.4 is 10.9 Å². The Bertz CT molecular complexity index is 937. The van der Waals surface area contributed by atoms with Crippen LogP contribution in [0.5, 0.6) is 0 Å². The minimum absolute atomic E-state index is 0.181. The van der Waals surface area contributed by atoms with Gasteiger partial charge in [0.1, 0.15) is 5.82 Å². The van der Waals surface area contributed by atoms with Crippen LogP contribution in [0.1, 0.15) is 34.4 Å². The van der Waals surface area contributed by atoms with E-state index in [9.17, 15) is 9.59 Å². The Morgan fingerprint density at radius 3 is 2.88 bits per heavy atom. The summed E-state index contributed by atoms with van der Waals surface area (Å²) in [6, 6.07) is 4.88. The Kier molecular flexibility index (Phi) is 4.03. The molecule has 0 fully saturated rings. The summed E-state index contributed by atoms with van der Waals surface area (Å²) < 4.78 is 6.48. The van der Waals surface area contributed by atoms with Gasteiger partial charge in [0.2, 0.25) is 5.95 Å². The average molecular weight is 327 g/mol. The Morgan fingerprint density at radius 2 is 2.21 bits per heavy atom. The fourth-order valence-corrected chi connectivity index (χ4v) is 2.35. The first-order valence-electron chi connectivity index (χ1n) is 7.51. The van der Waals surface area contributed by atoms with Crippen molar-refractivity contribution >= 4 is 11.7 Å². The Hall–Kier alpha value is -3.16. The topological polar surface area (TPSA) is 106 Å². The standard InChI is InChI=1S/C16H17N5O3/c1-4-11-10(3)14(22)19-16(17-11)21-13(8-9(2)20-21)18-15(23)12-6-5-7-24-12/h5-8H,4H2,1-3H3,(H,18,23)(H,17,19,22). The predicted octanol–water partition coefficient (Wildman–Crippen LogP) is 1.98. The second-order valence-corrected chi connectivity index (χ2v) is 5.33. The number of rotatable bonds is 4. The minimum atomic E-state index is -0.411. The maximum Gasteiger partial charge on any atom is 0.292 e. The maximum atomic E-state index is 12.2. The van der Waals surface area contributed by atoms with Crippen molar-refractivity contribution in [2.24, 2.45) is 0 Å². The van der Waals surface area contributed by atoms with Crippen LogP contribution in [0.2, 0.25) is 0 Å². The fraction of sp³-hybridized carbons (Fsp3) is 0.250. The lowest BCUT2D eigenvalue weighted by atomic mass is 10.2. The van der Waals surface area contributed by atoms with Crippen molar-refractivity contribution in [1.29, 1.82) is 0 Å². The van der Waals surface area contributed by atoms with Gasteiger partial charge in [-0.1, -0.05) is 6.92 Å². The number of carbonyl (C=O) groups is 1. The zero-order valence-corrected chi connectivity index (χ0v) is 13.6. The highest BCUT2D eigenvalue weighted by atomic mass is 16.3. The van der Waals surface area contributed by atoms with E-state index in [0.29, 0.717) is 29.2 Å². The predicted molar refractivity (Wildman–Crippen MR) is 87.5 cm³/mol.